The van der Waals surface area contributed by atoms with Gasteiger partial charge in [0.1, 0.15) is 12.1 Å². The number of amides is 4. The van der Waals surface area contributed by atoms with Gasteiger partial charge in [-0.2, -0.15) is 0 Å². The van der Waals surface area contributed by atoms with E-state index in [0.717, 1.165) is 16.0 Å². The largest absolute Gasteiger partial charge is 0.350 e. The topological polar surface area (TPSA) is 78.5 Å². The summed E-state index contributed by atoms with van der Waals surface area (Å²) in [5, 5.41) is 5.56. The Kier molecular flexibility index (Phi) is 5.26. The van der Waals surface area contributed by atoms with Crippen molar-refractivity contribution in [2.75, 3.05) is 6.54 Å². The molecule has 4 amide bonds. The summed E-state index contributed by atoms with van der Waals surface area (Å²) < 4.78 is 0. The summed E-state index contributed by atoms with van der Waals surface area (Å²) in [6.45, 7) is 3.86. The second-order valence-corrected chi connectivity index (χ2v) is 6.65. The molecule has 0 radical (unpaired) electrons. The van der Waals surface area contributed by atoms with Gasteiger partial charge >= 0.3 is 6.03 Å². The lowest BCUT2D eigenvalue weighted by Gasteiger charge is -2.25. The van der Waals surface area contributed by atoms with Crippen LogP contribution in [0.4, 0.5) is 4.79 Å². The van der Waals surface area contributed by atoms with Crippen LogP contribution in [0.1, 0.15) is 30.0 Å². The highest BCUT2D eigenvalue weighted by molar-refractivity contribution is 6.09. The molecule has 0 bridgehead atoms. The number of rotatable bonds is 6. The number of hydrogen-bond acceptors (Lipinski definition) is 3. The lowest BCUT2D eigenvalue weighted by Crippen LogP contribution is -2.44. The molecule has 2 aromatic rings. The Morgan fingerprint density at radius 1 is 1.07 bits per heavy atom. The molecule has 3 rings (SSSR count). The standard InChI is InChI=1S/C21H23N3O3/c1-3-21(17-11-5-4-6-12-17)19(26)24(20(27)23-21)14-18(25)22-13-16-10-8-7-9-15(16)2/h4-12H,3,13-14H2,1-2H3,(H,22,25)(H,23,27). The van der Waals surface area contributed by atoms with Crippen LogP contribution in [-0.4, -0.2) is 29.3 Å². The first kappa shape index (κ1) is 18.6. The third-order valence-electron chi connectivity index (χ3n) is 5.01. The molecule has 1 unspecified atom stereocenters. The number of carbonyl (C=O) groups is 3. The third-order valence-corrected chi connectivity index (χ3v) is 5.01. The molecule has 0 saturated carbocycles. The van der Waals surface area contributed by atoms with Crippen molar-refractivity contribution < 1.29 is 14.4 Å². The highest BCUT2D eigenvalue weighted by Gasteiger charge is 2.51. The van der Waals surface area contributed by atoms with Gasteiger partial charge in [0.05, 0.1) is 0 Å². The van der Waals surface area contributed by atoms with Gasteiger partial charge in [0.15, 0.2) is 0 Å². The van der Waals surface area contributed by atoms with Gasteiger partial charge in [0, 0.05) is 6.54 Å². The zero-order chi connectivity index (χ0) is 19.4. The first-order valence-corrected chi connectivity index (χ1v) is 8.99. The van der Waals surface area contributed by atoms with Crippen LogP contribution in [0, 0.1) is 6.92 Å². The number of carbonyl (C=O) groups excluding carboxylic acids is 3. The van der Waals surface area contributed by atoms with Crippen LogP contribution < -0.4 is 10.6 Å². The minimum absolute atomic E-state index is 0.300. The molecular formula is C21H23N3O3. The zero-order valence-electron chi connectivity index (χ0n) is 15.5. The van der Waals surface area contributed by atoms with Gasteiger partial charge in [0.2, 0.25) is 5.91 Å². The van der Waals surface area contributed by atoms with Crippen molar-refractivity contribution in [3.8, 4) is 0 Å². The molecule has 1 aliphatic heterocycles. The molecule has 0 spiro atoms. The maximum absolute atomic E-state index is 13.0. The number of hydrogen-bond donors (Lipinski definition) is 2. The van der Waals surface area contributed by atoms with E-state index in [2.05, 4.69) is 10.6 Å². The van der Waals surface area contributed by atoms with Crippen molar-refractivity contribution in [1.29, 1.82) is 0 Å². The quantitative estimate of drug-likeness (QED) is 0.772. The Bertz CT molecular complexity index is 866. The maximum Gasteiger partial charge on any atom is 0.325 e. The van der Waals surface area contributed by atoms with Crippen molar-refractivity contribution in [2.24, 2.45) is 0 Å². The van der Waals surface area contributed by atoms with Crippen LogP contribution in [0.15, 0.2) is 54.6 Å². The molecule has 1 fully saturated rings. The van der Waals surface area contributed by atoms with Crippen molar-refractivity contribution >= 4 is 17.8 Å². The Morgan fingerprint density at radius 2 is 1.74 bits per heavy atom. The van der Waals surface area contributed by atoms with Crippen molar-refractivity contribution in [1.82, 2.24) is 15.5 Å². The van der Waals surface area contributed by atoms with E-state index in [-0.39, 0.29) is 12.5 Å². The molecule has 2 N–H and O–H groups in total. The molecule has 0 aliphatic carbocycles. The number of nitrogens with zero attached hydrogens (tertiary/aromatic N) is 1. The second kappa shape index (κ2) is 7.61. The van der Waals surface area contributed by atoms with E-state index in [1.165, 1.54) is 0 Å². The van der Waals surface area contributed by atoms with Crippen LogP contribution in [0.5, 0.6) is 0 Å². The van der Waals surface area contributed by atoms with Crippen LogP contribution in [0.2, 0.25) is 0 Å². The normalized spacial score (nSPS) is 19.1. The second-order valence-electron chi connectivity index (χ2n) is 6.65. The van der Waals surface area contributed by atoms with Crippen LogP contribution in [0.25, 0.3) is 0 Å². The van der Waals surface area contributed by atoms with E-state index in [4.69, 9.17) is 0 Å². The predicted molar refractivity (Wildman–Crippen MR) is 102 cm³/mol. The van der Waals surface area contributed by atoms with E-state index in [0.29, 0.717) is 18.5 Å². The van der Waals surface area contributed by atoms with Gasteiger partial charge < -0.3 is 10.6 Å². The van der Waals surface area contributed by atoms with Gasteiger partial charge in [-0.1, -0.05) is 61.5 Å². The van der Waals surface area contributed by atoms with Crippen LogP contribution in [-0.2, 0) is 21.7 Å². The van der Waals surface area contributed by atoms with Crippen molar-refractivity contribution in [2.45, 2.75) is 32.4 Å². The first-order chi connectivity index (χ1) is 13.0. The number of aryl methyl sites for hydroxylation is 1. The molecule has 27 heavy (non-hydrogen) atoms. The van der Waals surface area contributed by atoms with Gasteiger partial charge in [-0.15, -0.1) is 0 Å². The summed E-state index contributed by atoms with van der Waals surface area (Å²) in [6, 6.07) is 16.3. The fourth-order valence-electron chi connectivity index (χ4n) is 3.33. The Hall–Kier alpha value is -3.15. The summed E-state index contributed by atoms with van der Waals surface area (Å²) in [5.41, 5.74) is 1.67. The van der Waals surface area contributed by atoms with Gasteiger partial charge in [0.25, 0.3) is 5.91 Å². The minimum Gasteiger partial charge on any atom is -0.350 e. The van der Waals surface area contributed by atoms with E-state index in [9.17, 15) is 14.4 Å². The fourth-order valence-corrected chi connectivity index (χ4v) is 3.33. The summed E-state index contributed by atoms with van der Waals surface area (Å²) in [5.74, 6) is -0.769. The van der Waals surface area contributed by atoms with Crippen molar-refractivity contribution in [3.63, 3.8) is 0 Å². The Balaban J connectivity index is 1.70. The fraction of sp³-hybridized carbons (Fsp3) is 0.286. The molecule has 1 heterocycles. The van der Waals surface area contributed by atoms with E-state index in [1.807, 2.05) is 68.4 Å². The maximum atomic E-state index is 13.0. The molecule has 140 valence electrons. The van der Waals surface area contributed by atoms with Crippen molar-refractivity contribution in [3.05, 3.63) is 71.3 Å². The highest BCUT2D eigenvalue weighted by atomic mass is 16.2. The van der Waals surface area contributed by atoms with Gasteiger partial charge in [-0.05, 0) is 30.0 Å². The lowest BCUT2D eigenvalue weighted by molar-refractivity contribution is -0.135. The number of benzene rings is 2. The number of urea groups is 1. The number of imide groups is 1. The van der Waals surface area contributed by atoms with E-state index in [1.54, 1.807) is 0 Å². The third kappa shape index (κ3) is 3.56. The molecule has 1 aliphatic rings. The number of nitrogens with one attached hydrogen (secondary N) is 2. The smallest absolute Gasteiger partial charge is 0.325 e. The summed E-state index contributed by atoms with van der Waals surface area (Å²) in [4.78, 5) is 38.7. The monoisotopic (exact) mass is 365 g/mol. The van der Waals surface area contributed by atoms with E-state index < -0.39 is 17.5 Å². The predicted octanol–water partition coefficient (Wildman–Crippen LogP) is 2.47. The molecule has 1 saturated heterocycles. The summed E-state index contributed by atoms with van der Waals surface area (Å²) in [6.07, 6.45) is 0.406. The highest BCUT2D eigenvalue weighted by Crippen LogP contribution is 2.32. The molecule has 1 atom stereocenters. The summed E-state index contributed by atoms with van der Waals surface area (Å²) in [7, 11) is 0. The SMILES string of the molecule is CCC1(c2ccccc2)NC(=O)N(CC(=O)NCc2ccccc2C)C1=O. The van der Waals surface area contributed by atoms with Crippen LogP contribution in [0.3, 0.4) is 0 Å². The average Bonchev–Trinajstić information content (AvgIpc) is 2.93. The molecule has 6 nitrogen and oxygen atoms in total. The minimum atomic E-state index is -1.12. The molecule has 6 heteroatoms. The zero-order valence-corrected chi connectivity index (χ0v) is 15.5. The molecular weight excluding hydrogens is 342 g/mol. The molecule has 0 aromatic heterocycles. The lowest BCUT2D eigenvalue weighted by atomic mass is 9.87. The summed E-state index contributed by atoms with van der Waals surface area (Å²) >= 11 is 0. The average molecular weight is 365 g/mol. The van der Waals surface area contributed by atoms with Crippen LogP contribution >= 0.6 is 0 Å². The Labute approximate surface area is 158 Å². The van der Waals surface area contributed by atoms with Gasteiger partial charge in [-0.3, -0.25) is 14.5 Å². The Morgan fingerprint density at radius 3 is 2.41 bits per heavy atom. The first-order valence-electron chi connectivity index (χ1n) is 8.99. The molecule has 2 aromatic carbocycles. The van der Waals surface area contributed by atoms with Gasteiger partial charge in [-0.25, -0.2) is 4.79 Å². The van der Waals surface area contributed by atoms with E-state index >= 15 is 0 Å².